The van der Waals surface area contributed by atoms with Crippen LogP contribution >= 0.6 is 12.5 Å². The minimum atomic E-state index is -0.229. The van der Waals surface area contributed by atoms with E-state index in [-0.39, 0.29) is 29.1 Å². The Kier molecular flexibility index (Phi) is 14.3. The monoisotopic (exact) mass is 538 g/mol. The van der Waals surface area contributed by atoms with Crippen molar-refractivity contribution in [3.05, 3.63) is 70.7 Å². The first-order chi connectivity index (χ1) is 18.5. The van der Waals surface area contributed by atoms with Gasteiger partial charge in [0.2, 0.25) is 5.75 Å². The standard InChI is InChI=1S/C28H38N4O4.BHS/c29-16-10-5-3-1-2-4-6-11-17-32(31)19-22(30)20-35-28-24(33)15-14-23-25(34)18-26(36-27(23)28)21-12-8-7-9-13-21;1-2/h7-9,12-15,18-19,33H,1-6,10-11,16-17,20,29-31H2;2H/b22-19-;. The van der Waals surface area contributed by atoms with Gasteiger partial charge in [0.05, 0.1) is 11.1 Å². The topological polar surface area (TPSA) is 141 Å². The van der Waals surface area contributed by atoms with Crippen molar-refractivity contribution < 1.29 is 14.3 Å². The fourth-order valence-electron chi connectivity index (χ4n) is 4.04. The molecule has 0 aliphatic heterocycles. The van der Waals surface area contributed by atoms with Gasteiger partial charge in [-0.25, -0.2) is 18.3 Å². The van der Waals surface area contributed by atoms with Crippen molar-refractivity contribution >= 4 is 30.6 Å². The number of aromatic hydroxyl groups is 1. The molecular formula is C28H39BN4O4S. The first-order valence-corrected chi connectivity index (χ1v) is 13.4. The molecule has 0 saturated carbocycles. The molecule has 0 fully saturated rings. The summed E-state index contributed by atoms with van der Waals surface area (Å²) in [6.45, 7) is 1.44. The Balaban J connectivity index is 0.00000247. The highest BCUT2D eigenvalue weighted by atomic mass is 32.1. The van der Waals surface area contributed by atoms with Gasteiger partial charge in [0, 0.05) is 24.4 Å². The average molecular weight is 539 g/mol. The van der Waals surface area contributed by atoms with Crippen LogP contribution in [0.2, 0.25) is 0 Å². The fourth-order valence-corrected chi connectivity index (χ4v) is 4.04. The van der Waals surface area contributed by atoms with E-state index in [1.807, 2.05) is 30.3 Å². The molecule has 1 heterocycles. The summed E-state index contributed by atoms with van der Waals surface area (Å²) in [5.41, 5.74) is 12.7. The molecule has 8 nitrogen and oxygen atoms in total. The first-order valence-electron chi connectivity index (χ1n) is 12.9. The lowest BCUT2D eigenvalue weighted by Crippen LogP contribution is -2.28. The zero-order valence-corrected chi connectivity index (χ0v) is 22.7. The quantitative estimate of drug-likeness (QED) is 0.0622. The fraction of sp³-hybridized carbons (Fsp3) is 0.393. The third-order valence-corrected chi connectivity index (χ3v) is 5.97. The third-order valence-electron chi connectivity index (χ3n) is 5.97. The largest absolute Gasteiger partial charge is 0.504 e. The molecule has 2 radical (unpaired) electrons. The first kappa shape index (κ1) is 31.1. The molecule has 3 rings (SSSR count). The second-order valence-electron chi connectivity index (χ2n) is 8.98. The van der Waals surface area contributed by atoms with Crippen LogP contribution in [0.3, 0.4) is 0 Å². The summed E-state index contributed by atoms with van der Waals surface area (Å²) in [6.07, 6.45) is 11.0. The van der Waals surface area contributed by atoms with Crippen molar-refractivity contribution in [3.63, 3.8) is 0 Å². The summed E-state index contributed by atoms with van der Waals surface area (Å²) in [4.78, 5) is 12.7. The van der Waals surface area contributed by atoms with Crippen molar-refractivity contribution in [3.8, 4) is 22.8 Å². The number of hydrazine groups is 1. The maximum absolute atomic E-state index is 12.7. The molecule has 0 atom stereocenters. The molecule has 0 unspecified atom stereocenters. The van der Waals surface area contributed by atoms with Gasteiger partial charge in [-0.1, -0.05) is 68.9 Å². The minimum Gasteiger partial charge on any atom is -0.504 e. The predicted molar refractivity (Wildman–Crippen MR) is 159 cm³/mol. The highest BCUT2D eigenvalue weighted by molar-refractivity contribution is 8.03. The smallest absolute Gasteiger partial charge is 0.205 e. The van der Waals surface area contributed by atoms with Crippen molar-refractivity contribution in [1.82, 2.24) is 5.01 Å². The van der Waals surface area contributed by atoms with Gasteiger partial charge in [-0.05, 0) is 31.5 Å². The number of hydrogen-bond donors (Lipinski definition) is 5. The molecule has 0 saturated heterocycles. The van der Waals surface area contributed by atoms with Gasteiger partial charge in [-0.15, -0.1) is 0 Å². The van der Waals surface area contributed by atoms with Crippen LogP contribution in [0.4, 0.5) is 0 Å². The Morgan fingerprint density at radius 3 is 2.29 bits per heavy atom. The van der Waals surface area contributed by atoms with E-state index < -0.39 is 0 Å². The Morgan fingerprint density at radius 2 is 1.63 bits per heavy atom. The minimum absolute atomic E-state index is 0.0253. The molecule has 0 amide bonds. The number of fused-ring (bicyclic) bond motifs is 1. The molecule has 0 bridgehead atoms. The SMILES string of the molecule is NCCCCCCCCCCN(N)/C=C(\N)COc1c(O)ccc2c(=O)cc(-c3ccccc3)oc12.[B]S. The van der Waals surface area contributed by atoms with Crippen LogP contribution in [-0.2, 0) is 0 Å². The van der Waals surface area contributed by atoms with Crippen LogP contribution in [-0.4, -0.2) is 36.9 Å². The van der Waals surface area contributed by atoms with Crippen LogP contribution in [0.25, 0.3) is 22.3 Å². The van der Waals surface area contributed by atoms with E-state index in [1.165, 1.54) is 50.3 Å². The van der Waals surface area contributed by atoms with Gasteiger partial charge in [-0.2, -0.15) is 0 Å². The normalized spacial score (nSPS) is 11.2. The molecule has 3 aromatic rings. The Morgan fingerprint density at radius 1 is 1.00 bits per heavy atom. The van der Waals surface area contributed by atoms with E-state index in [0.29, 0.717) is 23.4 Å². The number of hydrogen-bond acceptors (Lipinski definition) is 9. The van der Waals surface area contributed by atoms with E-state index in [1.54, 1.807) is 11.2 Å². The van der Waals surface area contributed by atoms with E-state index in [9.17, 15) is 9.90 Å². The number of phenols is 1. The van der Waals surface area contributed by atoms with Gasteiger partial charge < -0.3 is 30.7 Å². The van der Waals surface area contributed by atoms with Crippen LogP contribution < -0.4 is 27.5 Å². The molecule has 204 valence electrons. The number of benzene rings is 2. The van der Waals surface area contributed by atoms with Crippen LogP contribution in [0.1, 0.15) is 51.4 Å². The second kappa shape index (κ2) is 17.4. The summed E-state index contributed by atoms with van der Waals surface area (Å²) < 4.78 is 11.8. The summed E-state index contributed by atoms with van der Waals surface area (Å²) in [5, 5.41) is 12.3. The van der Waals surface area contributed by atoms with Crippen LogP contribution in [0.5, 0.6) is 11.5 Å². The summed E-state index contributed by atoms with van der Waals surface area (Å²) in [5.74, 6) is 6.37. The number of ether oxygens (including phenoxy) is 1. The number of nitrogens with zero attached hydrogens (tertiary/aromatic N) is 1. The Bertz CT molecular complexity index is 1190. The Labute approximate surface area is 231 Å². The number of unbranched alkanes of at least 4 members (excludes halogenated alkanes) is 7. The van der Waals surface area contributed by atoms with Crippen molar-refractivity contribution in [2.75, 3.05) is 19.7 Å². The number of nitrogens with two attached hydrogens (primary N) is 3. The van der Waals surface area contributed by atoms with Crippen molar-refractivity contribution in [2.45, 2.75) is 51.4 Å². The predicted octanol–water partition coefficient (Wildman–Crippen LogP) is 4.60. The maximum atomic E-state index is 12.7. The summed E-state index contributed by atoms with van der Waals surface area (Å²) in [6, 6.07) is 13.6. The average Bonchev–Trinajstić information content (AvgIpc) is 2.93. The zero-order valence-electron chi connectivity index (χ0n) is 21.9. The Hall–Kier alpha value is -3.08. The maximum Gasteiger partial charge on any atom is 0.205 e. The summed E-state index contributed by atoms with van der Waals surface area (Å²) in [7, 11) is 4.19. The molecule has 2 aromatic carbocycles. The van der Waals surface area contributed by atoms with E-state index in [4.69, 9.17) is 26.5 Å². The van der Waals surface area contributed by atoms with E-state index in [0.717, 1.165) is 31.4 Å². The van der Waals surface area contributed by atoms with Crippen LogP contribution in [0.15, 0.2) is 69.6 Å². The summed E-state index contributed by atoms with van der Waals surface area (Å²) >= 11 is 3.03. The number of phenolic OH excluding ortho intramolecular Hbond substituents is 1. The highest BCUT2D eigenvalue weighted by Crippen LogP contribution is 2.35. The molecular weight excluding hydrogens is 499 g/mol. The molecule has 0 spiro atoms. The van der Waals surface area contributed by atoms with E-state index in [2.05, 4.69) is 19.6 Å². The van der Waals surface area contributed by atoms with Gasteiger partial charge in [0.15, 0.2) is 23.9 Å². The lowest BCUT2D eigenvalue weighted by atomic mass is 10.1. The lowest BCUT2D eigenvalue weighted by molar-refractivity contribution is 0.316. The van der Waals surface area contributed by atoms with E-state index >= 15 is 0 Å². The highest BCUT2D eigenvalue weighted by Gasteiger charge is 2.16. The molecule has 10 heteroatoms. The third kappa shape index (κ3) is 10.0. The molecule has 7 N–H and O–H groups in total. The molecule has 0 aliphatic rings. The second-order valence-corrected chi connectivity index (χ2v) is 8.98. The van der Waals surface area contributed by atoms with Gasteiger partial charge in [0.1, 0.15) is 12.4 Å². The lowest BCUT2D eigenvalue weighted by Gasteiger charge is -2.16. The molecule has 38 heavy (non-hydrogen) atoms. The van der Waals surface area contributed by atoms with Crippen LogP contribution in [0, 0.1) is 0 Å². The number of rotatable bonds is 15. The van der Waals surface area contributed by atoms with Gasteiger partial charge in [-0.3, -0.25) is 4.79 Å². The molecule has 1 aromatic heterocycles. The van der Waals surface area contributed by atoms with Gasteiger partial charge >= 0.3 is 0 Å². The zero-order chi connectivity index (χ0) is 27.8. The van der Waals surface area contributed by atoms with Gasteiger partial charge in [0.25, 0.3) is 0 Å². The van der Waals surface area contributed by atoms with Crippen molar-refractivity contribution in [1.29, 1.82) is 0 Å². The molecule has 0 aliphatic carbocycles. The number of thiol groups is 1. The van der Waals surface area contributed by atoms with Crippen molar-refractivity contribution in [2.24, 2.45) is 17.3 Å².